The van der Waals surface area contributed by atoms with Crippen molar-refractivity contribution in [3.05, 3.63) is 16.4 Å². The van der Waals surface area contributed by atoms with Crippen molar-refractivity contribution in [3.8, 4) is 0 Å². The van der Waals surface area contributed by atoms with Crippen LogP contribution in [0, 0.1) is 6.20 Å². The predicted molar refractivity (Wildman–Crippen MR) is 48.4 cm³/mol. The average Bonchev–Trinajstić information content (AvgIpc) is 2.33. The van der Waals surface area contributed by atoms with E-state index in [1.54, 1.807) is 0 Å². The van der Waals surface area contributed by atoms with Gasteiger partial charge in [0, 0.05) is 6.54 Å². The number of aryl methyl sites for hydroxylation is 1. The van der Waals surface area contributed by atoms with Gasteiger partial charge < -0.3 is 0 Å². The van der Waals surface area contributed by atoms with Crippen LogP contribution in [-0.2, 0) is 13.0 Å². The molecular formula is C8H12BrN2. The summed E-state index contributed by atoms with van der Waals surface area (Å²) in [6, 6.07) is 0. The highest BCUT2D eigenvalue weighted by Crippen LogP contribution is 2.15. The van der Waals surface area contributed by atoms with Crippen molar-refractivity contribution in [1.82, 2.24) is 9.78 Å². The molecule has 1 aromatic rings. The fraction of sp³-hybridized carbons (Fsp3) is 0.625. The van der Waals surface area contributed by atoms with Gasteiger partial charge >= 0.3 is 0 Å². The van der Waals surface area contributed by atoms with E-state index >= 15 is 0 Å². The largest absolute Gasteiger partial charge is 0.268 e. The number of hydrogen-bond donors (Lipinski definition) is 0. The van der Waals surface area contributed by atoms with E-state index in [4.69, 9.17) is 0 Å². The van der Waals surface area contributed by atoms with Crippen molar-refractivity contribution >= 4 is 15.9 Å². The summed E-state index contributed by atoms with van der Waals surface area (Å²) in [4.78, 5) is 0. The highest BCUT2D eigenvalue weighted by Gasteiger charge is 2.04. The van der Waals surface area contributed by atoms with E-state index in [0.29, 0.717) is 0 Å². The first-order valence-electron chi connectivity index (χ1n) is 3.92. The van der Waals surface area contributed by atoms with Crippen LogP contribution in [0.3, 0.4) is 0 Å². The van der Waals surface area contributed by atoms with Crippen molar-refractivity contribution < 1.29 is 0 Å². The van der Waals surface area contributed by atoms with Gasteiger partial charge in [0.25, 0.3) is 0 Å². The Morgan fingerprint density at radius 3 is 2.82 bits per heavy atom. The maximum atomic E-state index is 4.12. The quantitative estimate of drug-likeness (QED) is 0.758. The van der Waals surface area contributed by atoms with Crippen LogP contribution in [0.2, 0.25) is 0 Å². The lowest BCUT2D eigenvalue weighted by atomic mass is 10.3. The minimum absolute atomic E-state index is 0.991. The third kappa shape index (κ3) is 1.83. The van der Waals surface area contributed by atoms with Gasteiger partial charge in [-0.25, -0.2) is 0 Å². The lowest BCUT2D eigenvalue weighted by Crippen LogP contribution is -2.03. The standard InChI is InChI=1S/C8H12BrN2/c1-3-5-11-8(4-2)7(9)6-10-11/h3-5H2,1-2H3. The molecule has 0 bridgehead atoms. The number of aromatic nitrogens is 2. The van der Waals surface area contributed by atoms with Crippen LogP contribution in [0.25, 0.3) is 0 Å². The van der Waals surface area contributed by atoms with Crippen LogP contribution in [0.5, 0.6) is 0 Å². The molecule has 0 aliphatic heterocycles. The second-order valence-corrected chi connectivity index (χ2v) is 3.24. The van der Waals surface area contributed by atoms with E-state index in [-0.39, 0.29) is 0 Å². The van der Waals surface area contributed by atoms with Crippen molar-refractivity contribution in [2.75, 3.05) is 0 Å². The van der Waals surface area contributed by atoms with Gasteiger partial charge in [-0.3, -0.25) is 4.68 Å². The molecule has 1 heterocycles. The van der Waals surface area contributed by atoms with Crippen molar-refractivity contribution in [2.24, 2.45) is 0 Å². The van der Waals surface area contributed by atoms with Gasteiger partial charge in [0.15, 0.2) is 0 Å². The molecule has 61 valence electrons. The molecule has 2 nitrogen and oxygen atoms in total. The molecule has 11 heavy (non-hydrogen) atoms. The van der Waals surface area contributed by atoms with Gasteiger partial charge in [-0.05, 0) is 28.8 Å². The van der Waals surface area contributed by atoms with Crippen LogP contribution in [0.1, 0.15) is 26.0 Å². The SMILES string of the molecule is CCCn1n[c]c(Br)c1CC. The fourth-order valence-electron chi connectivity index (χ4n) is 1.08. The topological polar surface area (TPSA) is 17.8 Å². The van der Waals surface area contributed by atoms with Crippen LogP contribution >= 0.6 is 15.9 Å². The lowest BCUT2D eigenvalue weighted by Gasteiger charge is -2.02. The van der Waals surface area contributed by atoms with E-state index in [9.17, 15) is 0 Å². The zero-order valence-electron chi connectivity index (χ0n) is 6.89. The van der Waals surface area contributed by atoms with Crippen molar-refractivity contribution in [2.45, 2.75) is 33.2 Å². The van der Waals surface area contributed by atoms with Gasteiger partial charge in [-0.1, -0.05) is 13.8 Å². The number of hydrogen-bond acceptors (Lipinski definition) is 1. The monoisotopic (exact) mass is 215 g/mol. The van der Waals surface area contributed by atoms with Crippen LogP contribution in [0.4, 0.5) is 0 Å². The highest BCUT2D eigenvalue weighted by atomic mass is 79.9. The van der Waals surface area contributed by atoms with Crippen molar-refractivity contribution in [3.63, 3.8) is 0 Å². The molecule has 0 unspecified atom stereocenters. The second-order valence-electron chi connectivity index (χ2n) is 2.45. The molecular weight excluding hydrogens is 204 g/mol. The van der Waals surface area contributed by atoms with E-state index in [1.807, 2.05) is 4.68 Å². The molecule has 0 amide bonds. The molecule has 0 atom stereocenters. The van der Waals surface area contributed by atoms with Crippen molar-refractivity contribution in [1.29, 1.82) is 0 Å². The number of halogens is 1. The van der Waals surface area contributed by atoms with Gasteiger partial charge in [-0.15, -0.1) is 0 Å². The lowest BCUT2D eigenvalue weighted by molar-refractivity contribution is 0.576. The van der Waals surface area contributed by atoms with E-state index in [0.717, 1.165) is 23.9 Å². The number of nitrogens with zero attached hydrogens (tertiary/aromatic N) is 2. The van der Waals surface area contributed by atoms with Gasteiger partial charge in [0.2, 0.25) is 0 Å². The first kappa shape index (κ1) is 8.78. The third-order valence-corrected chi connectivity index (χ3v) is 2.24. The minimum Gasteiger partial charge on any atom is -0.268 e. The smallest absolute Gasteiger partial charge is 0.128 e. The van der Waals surface area contributed by atoms with E-state index in [1.165, 1.54) is 5.69 Å². The molecule has 3 heteroatoms. The molecule has 0 saturated heterocycles. The summed E-state index contributed by atoms with van der Waals surface area (Å²) in [6.07, 6.45) is 5.03. The molecule has 0 fully saturated rings. The molecule has 1 rings (SSSR count). The first-order chi connectivity index (χ1) is 5.29. The third-order valence-electron chi connectivity index (χ3n) is 1.60. The fourth-order valence-corrected chi connectivity index (χ4v) is 1.64. The van der Waals surface area contributed by atoms with Crippen LogP contribution in [0.15, 0.2) is 4.47 Å². The van der Waals surface area contributed by atoms with E-state index < -0.39 is 0 Å². The zero-order valence-corrected chi connectivity index (χ0v) is 8.48. The maximum Gasteiger partial charge on any atom is 0.128 e. The summed E-state index contributed by atoms with van der Waals surface area (Å²) < 4.78 is 3.01. The predicted octanol–water partition coefficient (Wildman–Crippen LogP) is 2.42. The average molecular weight is 216 g/mol. The maximum absolute atomic E-state index is 4.12. The summed E-state index contributed by atoms with van der Waals surface area (Å²) in [6.45, 7) is 5.27. The van der Waals surface area contributed by atoms with Crippen LogP contribution in [-0.4, -0.2) is 9.78 Å². The number of rotatable bonds is 3. The summed E-state index contributed by atoms with van der Waals surface area (Å²) >= 11 is 3.41. The van der Waals surface area contributed by atoms with Gasteiger partial charge in [-0.2, -0.15) is 5.10 Å². The van der Waals surface area contributed by atoms with Gasteiger partial charge in [0.1, 0.15) is 6.20 Å². The molecule has 0 spiro atoms. The Labute approximate surface area is 75.7 Å². The molecule has 0 aliphatic rings. The Bertz CT molecular complexity index is 230. The Hall–Kier alpha value is -0.310. The van der Waals surface area contributed by atoms with Crippen LogP contribution < -0.4 is 0 Å². The Morgan fingerprint density at radius 2 is 2.27 bits per heavy atom. The Kier molecular flexibility index (Phi) is 3.12. The summed E-state index contributed by atoms with van der Waals surface area (Å²) in [5.74, 6) is 0. The normalized spacial score (nSPS) is 10.5. The van der Waals surface area contributed by atoms with E-state index in [2.05, 4.69) is 41.1 Å². The zero-order chi connectivity index (χ0) is 8.27. The molecule has 0 aromatic carbocycles. The molecule has 1 aromatic heterocycles. The molecule has 0 N–H and O–H groups in total. The molecule has 1 radical (unpaired) electrons. The van der Waals surface area contributed by atoms with Gasteiger partial charge in [0.05, 0.1) is 10.2 Å². The summed E-state index contributed by atoms with van der Waals surface area (Å²) in [7, 11) is 0. The minimum atomic E-state index is 0.991. The Balaban J connectivity index is 2.86. The molecule has 0 aliphatic carbocycles. The first-order valence-corrected chi connectivity index (χ1v) is 4.71. The Morgan fingerprint density at radius 1 is 1.55 bits per heavy atom. The highest BCUT2D eigenvalue weighted by molar-refractivity contribution is 9.10. The summed E-state index contributed by atoms with van der Waals surface area (Å²) in [5, 5.41) is 4.12. The second kappa shape index (κ2) is 3.90. The molecule has 0 saturated carbocycles. The summed E-state index contributed by atoms with van der Waals surface area (Å²) in [5.41, 5.74) is 1.24.